The maximum Gasteiger partial charge on any atom is 0.117 e. The second-order valence-electron chi connectivity index (χ2n) is 4.46. The quantitative estimate of drug-likeness (QED) is 0.875. The van der Waals surface area contributed by atoms with Crippen molar-refractivity contribution >= 4 is 5.69 Å². The van der Waals surface area contributed by atoms with Gasteiger partial charge in [0.1, 0.15) is 5.76 Å². The van der Waals surface area contributed by atoms with Crippen LogP contribution in [0.3, 0.4) is 0 Å². The maximum atomic E-state index is 5.39. The van der Waals surface area contributed by atoms with Gasteiger partial charge < -0.3 is 9.73 Å². The molecule has 3 heteroatoms. The predicted molar refractivity (Wildman–Crippen MR) is 67.6 cm³/mol. The lowest BCUT2D eigenvalue weighted by Crippen LogP contribution is -2.14. The van der Waals surface area contributed by atoms with Crippen LogP contribution in [-0.4, -0.2) is 11.9 Å². The van der Waals surface area contributed by atoms with Gasteiger partial charge in [0.15, 0.2) is 0 Å². The van der Waals surface area contributed by atoms with Crippen LogP contribution in [-0.2, 0) is 19.6 Å². The molecule has 1 aliphatic rings. The molecule has 0 amide bonds. The largest absolute Gasteiger partial charge is 0.468 e. The normalized spacial score (nSPS) is 14.9. The van der Waals surface area contributed by atoms with Crippen molar-refractivity contribution in [3.05, 3.63) is 53.5 Å². The summed E-state index contributed by atoms with van der Waals surface area (Å²) in [4.78, 5) is 2.39. The smallest absolute Gasteiger partial charge is 0.117 e. The zero-order chi connectivity index (χ0) is 11.7. The molecule has 0 unspecified atom stereocenters. The van der Waals surface area contributed by atoms with Gasteiger partial charge >= 0.3 is 0 Å². The first-order valence-electron chi connectivity index (χ1n) is 5.89. The van der Waals surface area contributed by atoms with Gasteiger partial charge in [0.05, 0.1) is 12.8 Å². The van der Waals surface area contributed by atoms with Crippen molar-refractivity contribution in [2.45, 2.75) is 19.6 Å². The number of fused-ring (bicyclic) bond motifs is 1. The Kier molecular flexibility index (Phi) is 2.61. The minimum atomic E-state index is 0.885. The summed E-state index contributed by atoms with van der Waals surface area (Å²) in [7, 11) is 1.96. The van der Waals surface area contributed by atoms with Crippen molar-refractivity contribution in [2.24, 2.45) is 0 Å². The Bertz CT molecular complexity index is 505. The van der Waals surface area contributed by atoms with E-state index in [-0.39, 0.29) is 0 Å². The van der Waals surface area contributed by atoms with Crippen molar-refractivity contribution in [1.29, 1.82) is 0 Å². The summed E-state index contributed by atoms with van der Waals surface area (Å²) in [6.45, 7) is 2.90. The molecule has 0 spiro atoms. The Morgan fingerprint density at radius 1 is 1.24 bits per heavy atom. The second-order valence-corrected chi connectivity index (χ2v) is 4.46. The van der Waals surface area contributed by atoms with Gasteiger partial charge in [-0.3, -0.25) is 4.90 Å². The lowest BCUT2D eigenvalue weighted by molar-refractivity contribution is 0.251. The zero-order valence-electron chi connectivity index (χ0n) is 9.94. The molecule has 17 heavy (non-hydrogen) atoms. The van der Waals surface area contributed by atoms with Crippen LogP contribution in [0.15, 0.2) is 41.0 Å². The number of furan rings is 1. The zero-order valence-corrected chi connectivity index (χ0v) is 9.94. The predicted octanol–water partition coefficient (Wildman–Crippen LogP) is 2.84. The molecular weight excluding hydrogens is 212 g/mol. The molecule has 0 atom stereocenters. The molecule has 88 valence electrons. The Morgan fingerprint density at radius 2 is 2.12 bits per heavy atom. The maximum absolute atomic E-state index is 5.39. The van der Waals surface area contributed by atoms with E-state index in [1.807, 2.05) is 19.2 Å². The van der Waals surface area contributed by atoms with Crippen molar-refractivity contribution < 1.29 is 4.42 Å². The highest BCUT2D eigenvalue weighted by Crippen LogP contribution is 2.26. The van der Waals surface area contributed by atoms with E-state index in [0.717, 1.165) is 25.4 Å². The Labute approximate surface area is 101 Å². The third-order valence-electron chi connectivity index (χ3n) is 3.24. The van der Waals surface area contributed by atoms with E-state index >= 15 is 0 Å². The number of benzene rings is 1. The van der Waals surface area contributed by atoms with E-state index in [2.05, 4.69) is 28.4 Å². The molecule has 1 aliphatic heterocycles. The lowest BCUT2D eigenvalue weighted by Gasteiger charge is -2.12. The molecule has 2 heterocycles. The Balaban J connectivity index is 1.74. The first-order valence-corrected chi connectivity index (χ1v) is 5.89. The summed E-state index contributed by atoms with van der Waals surface area (Å²) in [5.74, 6) is 1.03. The first kappa shape index (κ1) is 10.4. The summed E-state index contributed by atoms with van der Waals surface area (Å²) in [5, 5.41) is 3.18. The molecule has 0 saturated heterocycles. The number of nitrogens with zero attached hydrogens (tertiary/aromatic N) is 1. The fraction of sp³-hybridized carbons (Fsp3) is 0.286. The number of rotatable bonds is 3. The summed E-state index contributed by atoms with van der Waals surface area (Å²) < 4.78 is 5.39. The van der Waals surface area contributed by atoms with Gasteiger partial charge in [0.25, 0.3) is 0 Å². The molecule has 3 nitrogen and oxygen atoms in total. The molecule has 2 aromatic rings. The van der Waals surface area contributed by atoms with Crippen LogP contribution in [0.2, 0.25) is 0 Å². The van der Waals surface area contributed by atoms with E-state index in [9.17, 15) is 0 Å². The molecule has 0 fully saturated rings. The van der Waals surface area contributed by atoms with Gasteiger partial charge in [0.2, 0.25) is 0 Å². The van der Waals surface area contributed by atoms with Crippen molar-refractivity contribution in [2.75, 3.05) is 12.4 Å². The number of hydrogen-bond donors (Lipinski definition) is 1. The third kappa shape index (κ3) is 2.06. The molecule has 3 rings (SSSR count). The van der Waals surface area contributed by atoms with Gasteiger partial charge in [-0.15, -0.1) is 0 Å². The van der Waals surface area contributed by atoms with E-state index < -0.39 is 0 Å². The number of nitrogens with one attached hydrogen (secondary N) is 1. The molecule has 1 aromatic heterocycles. The summed E-state index contributed by atoms with van der Waals surface area (Å²) in [6.07, 6.45) is 1.73. The number of anilines is 1. The first-order chi connectivity index (χ1) is 8.35. The minimum Gasteiger partial charge on any atom is -0.468 e. The highest BCUT2D eigenvalue weighted by atomic mass is 16.3. The molecule has 1 aromatic carbocycles. The highest BCUT2D eigenvalue weighted by molar-refractivity contribution is 5.49. The van der Waals surface area contributed by atoms with Gasteiger partial charge in [-0.05, 0) is 35.4 Å². The molecule has 1 N–H and O–H groups in total. The van der Waals surface area contributed by atoms with E-state index in [0.29, 0.717) is 0 Å². The Hall–Kier alpha value is -1.74. The van der Waals surface area contributed by atoms with Gasteiger partial charge in [-0.1, -0.05) is 6.07 Å². The van der Waals surface area contributed by atoms with Crippen LogP contribution in [0.4, 0.5) is 5.69 Å². The summed E-state index contributed by atoms with van der Waals surface area (Å²) in [6, 6.07) is 10.6. The standard InChI is InChI=1S/C14H16N2O/c1-15-13-5-4-11-8-16(9-12(11)7-13)10-14-3-2-6-17-14/h2-7,15H,8-10H2,1H3. The average molecular weight is 228 g/mol. The van der Waals surface area contributed by atoms with E-state index in [1.165, 1.54) is 16.8 Å². The van der Waals surface area contributed by atoms with Crippen molar-refractivity contribution in [3.63, 3.8) is 0 Å². The van der Waals surface area contributed by atoms with Gasteiger partial charge in [0, 0.05) is 25.8 Å². The van der Waals surface area contributed by atoms with Crippen LogP contribution < -0.4 is 5.32 Å². The number of hydrogen-bond acceptors (Lipinski definition) is 3. The van der Waals surface area contributed by atoms with E-state index in [1.54, 1.807) is 6.26 Å². The lowest BCUT2D eigenvalue weighted by atomic mass is 10.1. The highest BCUT2D eigenvalue weighted by Gasteiger charge is 2.19. The molecule has 0 bridgehead atoms. The van der Waals surface area contributed by atoms with Crippen molar-refractivity contribution in [1.82, 2.24) is 4.90 Å². The molecule has 0 saturated carbocycles. The molecular formula is C14H16N2O. The van der Waals surface area contributed by atoms with Crippen LogP contribution in [0.5, 0.6) is 0 Å². The Morgan fingerprint density at radius 3 is 2.88 bits per heavy atom. The van der Waals surface area contributed by atoms with Crippen LogP contribution >= 0.6 is 0 Å². The molecule has 0 aliphatic carbocycles. The van der Waals surface area contributed by atoms with E-state index in [4.69, 9.17) is 4.42 Å². The average Bonchev–Trinajstić information content (AvgIpc) is 2.96. The van der Waals surface area contributed by atoms with Gasteiger partial charge in [-0.2, -0.15) is 0 Å². The third-order valence-corrected chi connectivity index (χ3v) is 3.24. The van der Waals surface area contributed by atoms with Crippen LogP contribution in [0.1, 0.15) is 16.9 Å². The van der Waals surface area contributed by atoms with Crippen LogP contribution in [0.25, 0.3) is 0 Å². The second kappa shape index (κ2) is 4.26. The molecule has 0 radical (unpaired) electrons. The summed E-state index contributed by atoms with van der Waals surface area (Å²) >= 11 is 0. The van der Waals surface area contributed by atoms with Crippen molar-refractivity contribution in [3.8, 4) is 0 Å². The van der Waals surface area contributed by atoms with Crippen LogP contribution in [0, 0.1) is 0 Å². The SMILES string of the molecule is CNc1ccc2c(c1)CN(Cc1ccco1)C2. The minimum absolute atomic E-state index is 0.885. The monoisotopic (exact) mass is 228 g/mol. The fourth-order valence-corrected chi connectivity index (χ4v) is 2.36. The van der Waals surface area contributed by atoms with Gasteiger partial charge in [-0.25, -0.2) is 0 Å². The summed E-state index contributed by atoms with van der Waals surface area (Å²) in [5.41, 5.74) is 4.03. The fourth-order valence-electron chi connectivity index (χ4n) is 2.36. The topological polar surface area (TPSA) is 28.4 Å².